The molecule has 3 rings (SSSR count). The number of nitrogens with two attached hydrogens (primary N) is 1. The van der Waals surface area contributed by atoms with Gasteiger partial charge in [0.05, 0.1) is 0 Å². The molecule has 0 unspecified atom stereocenters. The smallest absolute Gasteiger partial charge is 0.142 e. The van der Waals surface area contributed by atoms with Crippen LogP contribution >= 0.6 is 0 Å². The normalized spacial score (nSPS) is 14.9. The largest absolute Gasteiger partial charge is 0.478 e. The van der Waals surface area contributed by atoms with Crippen molar-refractivity contribution in [2.24, 2.45) is 0 Å². The molecule has 0 aliphatic carbocycles. The third-order valence-corrected chi connectivity index (χ3v) is 3.48. The number of rotatable bonds is 3. The fourth-order valence-electron chi connectivity index (χ4n) is 2.42. The van der Waals surface area contributed by atoms with Crippen LogP contribution in [0, 0.1) is 0 Å². The fraction of sp³-hybridized carbons (Fsp3) is 0.250. The Morgan fingerprint density at radius 1 is 1.05 bits per heavy atom. The molecule has 2 aromatic carbocycles. The minimum absolute atomic E-state index is 0.633. The molecule has 0 fully saturated rings. The van der Waals surface area contributed by atoms with Gasteiger partial charge in [-0.15, -0.1) is 0 Å². The molecule has 3 nitrogen and oxygen atoms in total. The molecule has 1 aliphatic rings. The molecule has 0 atom stereocenters. The Labute approximate surface area is 113 Å². The van der Waals surface area contributed by atoms with Crippen molar-refractivity contribution in [3.05, 3.63) is 59.7 Å². The molecule has 0 saturated heterocycles. The molecular weight excluding hydrogens is 236 g/mol. The molecule has 98 valence electrons. The highest BCUT2D eigenvalue weighted by atomic mass is 16.5. The van der Waals surface area contributed by atoms with Gasteiger partial charge in [-0.05, 0) is 41.8 Å². The van der Waals surface area contributed by atoms with Gasteiger partial charge in [-0.1, -0.05) is 24.3 Å². The summed E-state index contributed by atoms with van der Waals surface area (Å²) >= 11 is 0. The predicted molar refractivity (Wildman–Crippen MR) is 76.9 cm³/mol. The molecule has 1 aliphatic heterocycles. The fourth-order valence-corrected chi connectivity index (χ4v) is 2.42. The van der Waals surface area contributed by atoms with Crippen LogP contribution < -0.4 is 10.5 Å². The maximum Gasteiger partial charge on any atom is 0.142 e. The maximum absolute atomic E-state index is 5.81. The molecule has 1 heterocycles. The summed E-state index contributed by atoms with van der Waals surface area (Å²) in [5.41, 5.74) is 9.40. The number of nitrogens with zero attached hydrogens (tertiary/aromatic N) is 1. The molecule has 0 saturated carbocycles. The van der Waals surface area contributed by atoms with Crippen LogP contribution in [0.2, 0.25) is 0 Å². The number of nitrogen functional groups attached to an aromatic ring is 1. The lowest BCUT2D eigenvalue weighted by molar-refractivity contribution is 0.114. The average Bonchev–Trinajstić information content (AvgIpc) is 2.46. The zero-order chi connectivity index (χ0) is 13.1. The first-order valence-electron chi connectivity index (χ1n) is 6.59. The average molecular weight is 254 g/mol. The lowest BCUT2D eigenvalue weighted by Gasteiger charge is -2.28. The third kappa shape index (κ3) is 2.88. The summed E-state index contributed by atoms with van der Waals surface area (Å²) in [6.45, 7) is 2.58. The van der Waals surface area contributed by atoms with Crippen molar-refractivity contribution < 1.29 is 4.74 Å². The Bertz CT molecular complexity index is 554. The molecule has 19 heavy (non-hydrogen) atoms. The summed E-state index contributed by atoms with van der Waals surface area (Å²) in [5.74, 6) is 0.922. The van der Waals surface area contributed by atoms with Crippen LogP contribution in [0.1, 0.15) is 11.1 Å². The van der Waals surface area contributed by atoms with E-state index in [0.717, 1.165) is 30.9 Å². The second kappa shape index (κ2) is 5.33. The standard InChI is InChI=1S/C16H18N2O/c17-15-7-6-14-11-18(9-8-13(14)10-15)12-19-16-4-2-1-3-5-16/h1-7,10H,8-9,11-12,17H2. The van der Waals surface area contributed by atoms with E-state index in [1.807, 2.05) is 36.4 Å². The Kier molecular flexibility index (Phi) is 3.38. The third-order valence-electron chi connectivity index (χ3n) is 3.48. The van der Waals surface area contributed by atoms with Crippen molar-refractivity contribution in [2.75, 3.05) is 19.0 Å². The van der Waals surface area contributed by atoms with Gasteiger partial charge in [0.15, 0.2) is 0 Å². The molecule has 0 amide bonds. The zero-order valence-corrected chi connectivity index (χ0v) is 10.9. The Morgan fingerprint density at radius 2 is 1.89 bits per heavy atom. The summed E-state index contributed by atoms with van der Waals surface area (Å²) in [6.07, 6.45) is 1.04. The van der Waals surface area contributed by atoms with Gasteiger partial charge in [0.1, 0.15) is 12.5 Å². The quantitative estimate of drug-likeness (QED) is 0.856. The van der Waals surface area contributed by atoms with Gasteiger partial charge in [0, 0.05) is 18.8 Å². The van der Waals surface area contributed by atoms with E-state index in [0.29, 0.717) is 6.73 Å². The van der Waals surface area contributed by atoms with Crippen LogP contribution in [0.25, 0.3) is 0 Å². The zero-order valence-electron chi connectivity index (χ0n) is 10.9. The van der Waals surface area contributed by atoms with Crippen LogP contribution in [0.3, 0.4) is 0 Å². The van der Waals surface area contributed by atoms with Crippen LogP contribution in [0.4, 0.5) is 5.69 Å². The number of fused-ring (bicyclic) bond motifs is 1. The SMILES string of the molecule is Nc1ccc2c(c1)CCN(COc1ccccc1)C2. The van der Waals surface area contributed by atoms with Crippen molar-refractivity contribution in [1.82, 2.24) is 4.90 Å². The second-order valence-corrected chi connectivity index (χ2v) is 4.92. The highest BCUT2D eigenvalue weighted by Gasteiger charge is 2.16. The Hall–Kier alpha value is -2.00. The molecule has 0 bridgehead atoms. The summed E-state index contributed by atoms with van der Waals surface area (Å²) in [4.78, 5) is 2.31. The van der Waals surface area contributed by atoms with Gasteiger partial charge in [0.25, 0.3) is 0 Å². The number of anilines is 1. The van der Waals surface area contributed by atoms with Crippen LogP contribution in [-0.4, -0.2) is 18.2 Å². The van der Waals surface area contributed by atoms with Gasteiger partial charge in [0.2, 0.25) is 0 Å². The number of hydrogen-bond acceptors (Lipinski definition) is 3. The van der Waals surface area contributed by atoms with E-state index in [1.165, 1.54) is 11.1 Å². The molecule has 2 N–H and O–H groups in total. The summed E-state index contributed by atoms with van der Waals surface area (Å²) in [5, 5.41) is 0. The van der Waals surface area contributed by atoms with E-state index >= 15 is 0 Å². The van der Waals surface area contributed by atoms with Crippen LogP contribution in [-0.2, 0) is 13.0 Å². The van der Waals surface area contributed by atoms with Gasteiger partial charge in [-0.25, -0.2) is 0 Å². The van der Waals surface area contributed by atoms with E-state index in [2.05, 4.69) is 17.0 Å². The summed E-state index contributed by atoms with van der Waals surface area (Å²) < 4.78 is 5.79. The highest BCUT2D eigenvalue weighted by molar-refractivity contribution is 5.45. The number of benzene rings is 2. The van der Waals surface area contributed by atoms with Gasteiger partial charge in [-0.3, -0.25) is 4.90 Å². The first kappa shape index (κ1) is 12.1. The van der Waals surface area contributed by atoms with Crippen molar-refractivity contribution in [1.29, 1.82) is 0 Å². The van der Waals surface area contributed by atoms with E-state index < -0.39 is 0 Å². The number of hydrogen-bond donors (Lipinski definition) is 1. The van der Waals surface area contributed by atoms with E-state index in [1.54, 1.807) is 0 Å². The molecule has 0 radical (unpaired) electrons. The monoisotopic (exact) mass is 254 g/mol. The summed E-state index contributed by atoms with van der Waals surface area (Å²) in [6, 6.07) is 16.1. The predicted octanol–water partition coefficient (Wildman–Crippen LogP) is 2.66. The van der Waals surface area contributed by atoms with Gasteiger partial charge >= 0.3 is 0 Å². The molecule has 2 aromatic rings. The van der Waals surface area contributed by atoms with Gasteiger partial charge < -0.3 is 10.5 Å². The number of ether oxygens (including phenoxy) is 1. The topological polar surface area (TPSA) is 38.5 Å². The number of para-hydroxylation sites is 1. The van der Waals surface area contributed by atoms with Crippen molar-refractivity contribution in [3.8, 4) is 5.75 Å². The van der Waals surface area contributed by atoms with Crippen molar-refractivity contribution >= 4 is 5.69 Å². The minimum Gasteiger partial charge on any atom is -0.478 e. The molecule has 0 aromatic heterocycles. The van der Waals surface area contributed by atoms with E-state index in [9.17, 15) is 0 Å². The first-order valence-corrected chi connectivity index (χ1v) is 6.59. The van der Waals surface area contributed by atoms with E-state index in [4.69, 9.17) is 10.5 Å². The molecule has 3 heteroatoms. The maximum atomic E-state index is 5.81. The lowest BCUT2D eigenvalue weighted by Crippen LogP contribution is -2.33. The van der Waals surface area contributed by atoms with Crippen molar-refractivity contribution in [2.45, 2.75) is 13.0 Å². The van der Waals surface area contributed by atoms with Crippen LogP contribution in [0.5, 0.6) is 5.75 Å². The Balaban J connectivity index is 1.61. The first-order chi connectivity index (χ1) is 9.31. The molecule has 0 spiro atoms. The molecular formula is C16H18N2O. The van der Waals surface area contributed by atoms with Gasteiger partial charge in [-0.2, -0.15) is 0 Å². The Morgan fingerprint density at radius 3 is 2.74 bits per heavy atom. The summed E-state index contributed by atoms with van der Waals surface area (Å²) in [7, 11) is 0. The highest BCUT2D eigenvalue weighted by Crippen LogP contribution is 2.21. The lowest BCUT2D eigenvalue weighted by atomic mass is 9.99. The van der Waals surface area contributed by atoms with Crippen molar-refractivity contribution in [3.63, 3.8) is 0 Å². The van der Waals surface area contributed by atoms with E-state index in [-0.39, 0.29) is 0 Å². The minimum atomic E-state index is 0.633. The van der Waals surface area contributed by atoms with Crippen LogP contribution in [0.15, 0.2) is 48.5 Å². The second-order valence-electron chi connectivity index (χ2n) is 4.92.